The van der Waals surface area contributed by atoms with Crippen LogP contribution < -0.4 is 10.6 Å². The molecule has 0 saturated carbocycles. The Morgan fingerprint density at radius 3 is 2.09 bits per heavy atom. The average Bonchev–Trinajstić information content (AvgIpc) is 3.14. The maximum absolute atomic E-state index is 13.2. The van der Waals surface area contributed by atoms with Crippen molar-refractivity contribution >= 4 is 18.0 Å². The van der Waals surface area contributed by atoms with Crippen molar-refractivity contribution < 1.29 is 84.1 Å². The van der Waals surface area contributed by atoms with Crippen LogP contribution in [0.15, 0.2) is 11.5 Å². The molecule has 250 valence electrons. The van der Waals surface area contributed by atoms with E-state index in [4.69, 9.17) is 19.1 Å². The lowest BCUT2D eigenvalue weighted by atomic mass is 9.96. The molecule has 1 heterocycles. The maximum Gasteiger partial charge on any atom is 0.508 e. The predicted molar refractivity (Wildman–Crippen MR) is 139 cm³/mol. The van der Waals surface area contributed by atoms with Gasteiger partial charge in [0.1, 0.15) is 17.7 Å². The molecule has 1 rings (SSSR count). The van der Waals surface area contributed by atoms with Gasteiger partial charge < -0.3 is 40.2 Å². The van der Waals surface area contributed by atoms with Crippen LogP contribution in [0, 0.1) is 5.41 Å². The quantitative estimate of drug-likeness (QED) is 0.0489. The number of aliphatic hydroxyl groups is 3. The van der Waals surface area contributed by atoms with Crippen LogP contribution in [0.1, 0.15) is 40.5 Å². The second-order valence-corrected chi connectivity index (χ2v) is 10.9. The lowest BCUT2D eigenvalue weighted by Crippen LogP contribution is -2.57. The first-order valence-electron chi connectivity index (χ1n) is 12.9. The van der Waals surface area contributed by atoms with Crippen molar-refractivity contribution in [3.05, 3.63) is 11.5 Å². The van der Waals surface area contributed by atoms with Gasteiger partial charge in [-0.15, -0.1) is 0 Å². The van der Waals surface area contributed by atoms with E-state index in [1.165, 1.54) is 0 Å². The van der Waals surface area contributed by atoms with Gasteiger partial charge in [-0.1, -0.05) is 20.8 Å². The second kappa shape index (κ2) is 17.4. The molecule has 1 aliphatic heterocycles. The van der Waals surface area contributed by atoms with Crippen molar-refractivity contribution in [2.75, 3.05) is 34.0 Å². The molecule has 1 fully saturated rings. The number of aliphatic hydroxyl groups excluding tert-OH is 3. The fraction of sp³-hybridized carbons (Fsp3) is 0.792. The summed E-state index contributed by atoms with van der Waals surface area (Å²) >= 11 is 0. The minimum Gasteiger partial charge on any atom is -0.506 e. The third kappa shape index (κ3) is 11.0. The molecule has 0 radical (unpaired) electrons. The van der Waals surface area contributed by atoms with E-state index in [2.05, 4.69) is 30.2 Å². The van der Waals surface area contributed by atoms with Crippen LogP contribution in [0.4, 0.5) is 4.79 Å². The first-order valence-corrected chi connectivity index (χ1v) is 12.9. The second-order valence-electron chi connectivity index (χ2n) is 10.9. The van der Waals surface area contributed by atoms with Crippen molar-refractivity contribution in [1.29, 1.82) is 0 Å². The van der Waals surface area contributed by atoms with Crippen molar-refractivity contribution in [2.45, 2.75) is 82.7 Å². The van der Waals surface area contributed by atoms with E-state index in [9.17, 15) is 45.5 Å². The molecule has 2 amide bonds. The summed E-state index contributed by atoms with van der Waals surface area (Å²) in [5.74, 6) is -4.26. The standard InChI is InChI=1S/C24H42N2O17/c1-23(2,3)11-38-22(32)39-12-7-8-13(20(30)25-9-12)26-21(31)18(43-37-6)17(42-35)16(41-34)15(40-33)14(28)19(29)24(4,10-27)36-5/h12-13,15-18,27-29,33-35H,7-11H2,1-6H3,(H,25,30)(H,26,31)/b19-14+. The van der Waals surface area contributed by atoms with Gasteiger partial charge in [-0.05, 0) is 25.2 Å². The Kier molecular flexibility index (Phi) is 15.5. The molecule has 7 atom stereocenters. The molecule has 8 N–H and O–H groups in total. The lowest BCUT2D eigenvalue weighted by Gasteiger charge is -2.32. The zero-order valence-electron chi connectivity index (χ0n) is 24.7. The zero-order valence-corrected chi connectivity index (χ0v) is 24.7. The summed E-state index contributed by atoms with van der Waals surface area (Å²) in [7, 11) is 2.02. The van der Waals surface area contributed by atoms with Crippen LogP contribution in [-0.2, 0) is 48.2 Å². The highest BCUT2D eigenvalue weighted by atomic mass is 17.2. The number of carbonyl (C=O) groups is 3. The highest BCUT2D eigenvalue weighted by Gasteiger charge is 2.48. The molecule has 19 nitrogen and oxygen atoms in total. The summed E-state index contributed by atoms with van der Waals surface area (Å²) in [5.41, 5.74) is -2.24. The van der Waals surface area contributed by atoms with E-state index >= 15 is 0 Å². The van der Waals surface area contributed by atoms with Crippen LogP contribution >= 0.6 is 0 Å². The third-order valence-corrected chi connectivity index (χ3v) is 6.30. The van der Waals surface area contributed by atoms with E-state index in [-0.39, 0.29) is 31.4 Å². The van der Waals surface area contributed by atoms with Crippen LogP contribution in [0.5, 0.6) is 0 Å². The van der Waals surface area contributed by atoms with Gasteiger partial charge in [-0.25, -0.2) is 29.2 Å². The molecule has 0 aliphatic carbocycles. The molecule has 43 heavy (non-hydrogen) atoms. The summed E-state index contributed by atoms with van der Waals surface area (Å²) in [5, 5.41) is 63.8. The predicted octanol–water partition coefficient (Wildman–Crippen LogP) is 0.195. The van der Waals surface area contributed by atoms with Crippen molar-refractivity contribution in [3.8, 4) is 0 Å². The Bertz CT molecular complexity index is 935. The molecule has 1 saturated heterocycles. The number of methoxy groups -OCH3 is 1. The zero-order chi connectivity index (χ0) is 33.0. The number of amides is 2. The van der Waals surface area contributed by atoms with Crippen molar-refractivity contribution in [3.63, 3.8) is 0 Å². The fourth-order valence-corrected chi connectivity index (χ4v) is 3.69. The monoisotopic (exact) mass is 630 g/mol. The minimum absolute atomic E-state index is 0.0460. The van der Waals surface area contributed by atoms with E-state index in [0.29, 0.717) is 0 Å². The summed E-state index contributed by atoms with van der Waals surface area (Å²) in [6, 6.07) is -1.24. The van der Waals surface area contributed by atoms with Crippen LogP contribution in [0.25, 0.3) is 0 Å². The Morgan fingerprint density at radius 2 is 1.60 bits per heavy atom. The molecule has 0 bridgehead atoms. The van der Waals surface area contributed by atoms with E-state index in [0.717, 1.165) is 21.1 Å². The molecule has 0 aromatic heterocycles. The number of ether oxygens (including phenoxy) is 3. The molecular weight excluding hydrogens is 588 g/mol. The van der Waals surface area contributed by atoms with Gasteiger partial charge in [-0.2, -0.15) is 0 Å². The van der Waals surface area contributed by atoms with Crippen molar-refractivity contribution in [1.82, 2.24) is 10.6 Å². The minimum atomic E-state index is -2.31. The molecule has 0 aromatic rings. The Balaban J connectivity index is 3.13. The number of rotatable bonds is 16. The van der Waals surface area contributed by atoms with Crippen LogP contribution in [0.3, 0.4) is 0 Å². The first-order chi connectivity index (χ1) is 20.1. The highest BCUT2D eigenvalue weighted by molar-refractivity contribution is 5.89. The first kappa shape index (κ1) is 38.2. The van der Waals surface area contributed by atoms with E-state index < -0.39 is 78.3 Å². The van der Waals surface area contributed by atoms with Crippen molar-refractivity contribution in [2.24, 2.45) is 5.41 Å². The van der Waals surface area contributed by atoms with Crippen LogP contribution in [-0.4, -0.2) is 125 Å². The lowest BCUT2D eigenvalue weighted by molar-refractivity contribution is -0.419. The van der Waals surface area contributed by atoms with Gasteiger partial charge in [0, 0.05) is 7.11 Å². The molecule has 0 aromatic carbocycles. The summed E-state index contributed by atoms with van der Waals surface area (Å²) in [6.07, 6.45) is -10.5. The summed E-state index contributed by atoms with van der Waals surface area (Å²) < 4.78 is 15.2. The number of hydrogen-bond donors (Lipinski definition) is 8. The van der Waals surface area contributed by atoms with Gasteiger partial charge >= 0.3 is 6.16 Å². The van der Waals surface area contributed by atoms with E-state index in [1.807, 2.05) is 20.8 Å². The number of carbonyl (C=O) groups excluding carboxylic acids is 3. The number of hydrogen-bond acceptors (Lipinski definition) is 17. The fourth-order valence-electron chi connectivity index (χ4n) is 3.69. The maximum atomic E-state index is 13.2. The van der Waals surface area contributed by atoms with Gasteiger partial charge in [0.05, 0.1) is 26.9 Å². The Hall–Kier alpha value is -2.85. The SMILES string of the molecule is COOC(C(=O)NC1CCC(OC(=O)OCC(C)(C)C)CNC1=O)C(OO)C(OO)C(OO)/C(O)=C(\O)C(C)(CO)OC. The Labute approximate surface area is 246 Å². The third-order valence-electron chi connectivity index (χ3n) is 6.30. The largest absolute Gasteiger partial charge is 0.508 e. The molecule has 0 spiro atoms. The number of nitrogens with one attached hydrogen (secondary N) is 2. The van der Waals surface area contributed by atoms with Gasteiger partial charge in [0.2, 0.25) is 12.0 Å². The highest BCUT2D eigenvalue weighted by Crippen LogP contribution is 2.27. The topological polar surface area (TPSA) is 270 Å². The smallest absolute Gasteiger partial charge is 0.506 e. The normalized spacial score (nSPS) is 22.5. The molecule has 19 heteroatoms. The van der Waals surface area contributed by atoms with Gasteiger partial charge in [0.15, 0.2) is 29.8 Å². The van der Waals surface area contributed by atoms with Gasteiger partial charge in [-0.3, -0.25) is 25.4 Å². The molecular formula is C24H42N2O17. The van der Waals surface area contributed by atoms with Crippen LogP contribution in [0.2, 0.25) is 0 Å². The summed E-state index contributed by atoms with van der Waals surface area (Å²) in [6.45, 7) is 5.83. The summed E-state index contributed by atoms with van der Waals surface area (Å²) in [4.78, 5) is 59.7. The van der Waals surface area contributed by atoms with E-state index in [1.54, 1.807) is 0 Å². The van der Waals surface area contributed by atoms with Gasteiger partial charge in [0.25, 0.3) is 5.91 Å². The average molecular weight is 631 g/mol. The molecule has 1 aliphatic rings. The molecule has 7 unspecified atom stereocenters. The Morgan fingerprint density at radius 1 is 1.00 bits per heavy atom.